The van der Waals surface area contributed by atoms with Crippen LogP contribution in [0.5, 0.6) is 0 Å². The average Bonchev–Trinajstić information content (AvgIpc) is 2.76. The van der Waals surface area contributed by atoms with Crippen molar-refractivity contribution >= 4 is 16.9 Å². The van der Waals surface area contributed by atoms with Gasteiger partial charge in [-0.25, -0.2) is 0 Å². The van der Waals surface area contributed by atoms with E-state index in [2.05, 4.69) is 31.1 Å². The van der Waals surface area contributed by atoms with Gasteiger partial charge in [-0.15, -0.1) is 0 Å². The van der Waals surface area contributed by atoms with Crippen molar-refractivity contribution in [3.05, 3.63) is 0 Å². The molecule has 1 N–H and O–H groups in total. The Morgan fingerprint density at radius 1 is 1.67 bits per heavy atom. The highest BCUT2D eigenvalue weighted by Crippen LogP contribution is 2.26. The minimum absolute atomic E-state index is 0.272. The summed E-state index contributed by atoms with van der Waals surface area (Å²) in [5.74, 6) is 1.16. The van der Waals surface area contributed by atoms with Crippen LogP contribution in [0.15, 0.2) is 4.99 Å². The Balaban J connectivity index is 1.93. The van der Waals surface area contributed by atoms with Gasteiger partial charge >= 0.3 is 0 Å². The van der Waals surface area contributed by atoms with Crippen LogP contribution in [0, 0.1) is 0 Å². The van der Waals surface area contributed by atoms with E-state index in [0.29, 0.717) is 6.04 Å². The molecule has 2 unspecified atom stereocenters. The average molecular weight is 227 g/mol. The molecule has 0 spiro atoms. The second-order valence-corrected chi connectivity index (χ2v) is 5.93. The zero-order chi connectivity index (χ0) is 10.9. The summed E-state index contributed by atoms with van der Waals surface area (Å²) in [6.45, 7) is 6.83. The van der Waals surface area contributed by atoms with Crippen molar-refractivity contribution in [2.24, 2.45) is 4.99 Å². The second-order valence-electron chi connectivity index (χ2n) is 4.97. The van der Waals surface area contributed by atoms with E-state index in [1.165, 1.54) is 24.6 Å². The van der Waals surface area contributed by atoms with Crippen LogP contribution in [0.1, 0.15) is 26.7 Å². The smallest absolute Gasteiger partial charge is 0.157 e. The maximum atomic E-state index is 4.80. The first kappa shape index (κ1) is 11.3. The summed E-state index contributed by atoms with van der Waals surface area (Å²) in [4.78, 5) is 7.15. The summed E-state index contributed by atoms with van der Waals surface area (Å²) < 4.78 is 0. The van der Waals surface area contributed by atoms with Crippen LogP contribution in [0.3, 0.4) is 0 Å². The number of hydrogen-bond acceptors (Lipinski definition) is 3. The van der Waals surface area contributed by atoms with Gasteiger partial charge in [0.25, 0.3) is 0 Å². The number of amidine groups is 1. The van der Waals surface area contributed by atoms with E-state index in [1.54, 1.807) is 0 Å². The number of rotatable bonds is 2. The Kier molecular flexibility index (Phi) is 3.26. The second kappa shape index (κ2) is 4.34. The Morgan fingerprint density at radius 3 is 3.00 bits per heavy atom. The zero-order valence-electron chi connectivity index (χ0n) is 9.92. The van der Waals surface area contributed by atoms with Crippen LogP contribution in [0.4, 0.5) is 0 Å². The number of likely N-dealkylation sites (tertiary alicyclic amines) is 1. The van der Waals surface area contributed by atoms with Gasteiger partial charge in [-0.2, -0.15) is 0 Å². The molecule has 0 saturated carbocycles. The Hall–Kier alpha value is -0.220. The molecule has 0 bridgehead atoms. The molecule has 2 aliphatic heterocycles. The van der Waals surface area contributed by atoms with Gasteiger partial charge in [-0.1, -0.05) is 18.7 Å². The molecule has 0 aliphatic carbocycles. The van der Waals surface area contributed by atoms with Crippen molar-refractivity contribution in [3.63, 3.8) is 0 Å². The van der Waals surface area contributed by atoms with Crippen molar-refractivity contribution in [2.45, 2.75) is 38.3 Å². The molecule has 2 atom stereocenters. The quantitative estimate of drug-likeness (QED) is 0.775. The van der Waals surface area contributed by atoms with E-state index < -0.39 is 0 Å². The summed E-state index contributed by atoms with van der Waals surface area (Å²) in [7, 11) is 2.17. The summed E-state index contributed by atoms with van der Waals surface area (Å²) in [5, 5.41) is 4.72. The van der Waals surface area contributed by atoms with Crippen LogP contribution < -0.4 is 5.32 Å². The lowest BCUT2D eigenvalue weighted by Gasteiger charge is -2.21. The predicted octanol–water partition coefficient (Wildman–Crippen LogP) is 1.55. The predicted molar refractivity (Wildman–Crippen MR) is 67.6 cm³/mol. The van der Waals surface area contributed by atoms with E-state index in [1.807, 2.05) is 11.8 Å². The van der Waals surface area contributed by atoms with E-state index in [9.17, 15) is 0 Å². The van der Waals surface area contributed by atoms with Crippen LogP contribution >= 0.6 is 11.8 Å². The fourth-order valence-electron chi connectivity index (χ4n) is 2.00. The van der Waals surface area contributed by atoms with Crippen molar-refractivity contribution in [1.29, 1.82) is 0 Å². The molecule has 0 amide bonds. The molecule has 15 heavy (non-hydrogen) atoms. The van der Waals surface area contributed by atoms with Gasteiger partial charge in [-0.3, -0.25) is 4.99 Å². The highest BCUT2D eigenvalue weighted by atomic mass is 32.2. The van der Waals surface area contributed by atoms with Crippen molar-refractivity contribution in [1.82, 2.24) is 10.2 Å². The first-order chi connectivity index (χ1) is 7.11. The maximum Gasteiger partial charge on any atom is 0.157 e. The molecular weight excluding hydrogens is 206 g/mol. The molecule has 86 valence electrons. The molecular formula is C11H21N3S. The van der Waals surface area contributed by atoms with Gasteiger partial charge in [0.1, 0.15) is 0 Å². The van der Waals surface area contributed by atoms with E-state index in [0.717, 1.165) is 12.3 Å². The number of nitrogens with one attached hydrogen (secondary N) is 1. The minimum atomic E-state index is 0.272. The molecule has 0 radical (unpaired) electrons. The van der Waals surface area contributed by atoms with Crippen molar-refractivity contribution in [3.8, 4) is 0 Å². The van der Waals surface area contributed by atoms with Gasteiger partial charge in [0, 0.05) is 17.8 Å². The van der Waals surface area contributed by atoms with Crippen molar-refractivity contribution < 1.29 is 0 Å². The van der Waals surface area contributed by atoms with Crippen LogP contribution in [0.2, 0.25) is 0 Å². The van der Waals surface area contributed by atoms with Gasteiger partial charge in [0.05, 0.1) is 6.04 Å². The van der Waals surface area contributed by atoms with Gasteiger partial charge in [0.15, 0.2) is 5.17 Å². The first-order valence-electron chi connectivity index (χ1n) is 5.78. The molecule has 2 fully saturated rings. The Morgan fingerprint density at radius 2 is 2.47 bits per heavy atom. The fourth-order valence-corrected chi connectivity index (χ4v) is 3.27. The standard InChI is InChI=1S/C11H21N3S/c1-4-11(2)8-15-10(13-11)12-9-5-6-14(3)7-9/h9H,4-8H2,1-3H3,(H,12,13). The van der Waals surface area contributed by atoms with Crippen LogP contribution in [0.25, 0.3) is 0 Å². The minimum Gasteiger partial charge on any atom is -0.359 e. The van der Waals surface area contributed by atoms with Gasteiger partial charge in [-0.05, 0) is 33.4 Å². The highest BCUT2D eigenvalue weighted by molar-refractivity contribution is 8.14. The summed E-state index contributed by atoms with van der Waals surface area (Å²) in [6, 6.07) is 0.518. The largest absolute Gasteiger partial charge is 0.359 e. The number of nitrogens with zero attached hydrogens (tertiary/aromatic N) is 2. The lowest BCUT2D eigenvalue weighted by Crippen LogP contribution is -2.40. The third-order valence-corrected chi connectivity index (χ3v) is 4.65. The molecule has 2 saturated heterocycles. The molecule has 2 aliphatic rings. The van der Waals surface area contributed by atoms with Gasteiger partial charge < -0.3 is 10.2 Å². The highest BCUT2D eigenvalue weighted by Gasteiger charge is 2.31. The lowest BCUT2D eigenvalue weighted by atomic mass is 10.0. The van der Waals surface area contributed by atoms with E-state index >= 15 is 0 Å². The van der Waals surface area contributed by atoms with Gasteiger partial charge in [0.2, 0.25) is 0 Å². The van der Waals surface area contributed by atoms with Crippen LogP contribution in [-0.4, -0.2) is 47.5 Å². The summed E-state index contributed by atoms with van der Waals surface area (Å²) in [6.07, 6.45) is 2.38. The fraction of sp³-hybridized carbons (Fsp3) is 0.909. The first-order valence-corrected chi connectivity index (χ1v) is 6.77. The number of likely N-dealkylation sites (N-methyl/N-ethyl adjacent to an activating group) is 1. The third kappa shape index (κ3) is 2.67. The third-order valence-electron chi connectivity index (χ3n) is 3.38. The monoisotopic (exact) mass is 227 g/mol. The number of aliphatic imine (C=N–C) groups is 1. The molecule has 0 aromatic carbocycles. The number of hydrogen-bond donors (Lipinski definition) is 1. The number of thioether (sulfide) groups is 1. The molecule has 4 heteroatoms. The molecule has 2 rings (SSSR count). The SMILES string of the molecule is CCC1(C)CSC(=NC2CCN(C)C2)N1. The lowest BCUT2D eigenvalue weighted by molar-refractivity contribution is 0.411. The van der Waals surface area contributed by atoms with E-state index in [-0.39, 0.29) is 5.54 Å². The molecule has 2 heterocycles. The van der Waals surface area contributed by atoms with Crippen LogP contribution in [-0.2, 0) is 0 Å². The van der Waals surface area contributed by atoms with Crippen molar-refractivity contribution in [2.75, 3.05) is 25.9 Å². The molecule has 3 nitrogen and oxygen atoms in total. The molecule has 0 aromatic heterocycles. The maximum absolute atomic E-state index is 4.80. The Labute approximate surface area is 96.7 Å². The zero-order valence-corrected chi connectivity index (χ0v) is 10.7. The Bertz CT molecular complexity index is 267. The summed E-state index contributed by atoms with van der Waals surface area (Å²) >= 11 is 1.88. The van der Waals surface area contributed by atoms with E-state index in [4.69, 9.17) is 4.99 Å². The molecule has 0 aromatic rings. The normalized spacial score (nSPS) is 39.9. The summed E-state index contributed by atoms with van der Waals surface area (Å²) in [5.41, 5.74) is 0.272. The topological polar surface area (TPSA) is 27.6 Å².